The Labute approximate surface area is 102 Å². The lowest BCUT2D eigenvalue weighted by molar-refractivity contribution is 0.262. The third-order valence-corrected chi connectivity index (χ3v) is 4.30. The minimum Gasteiger partial charge on any atom is -0.330 e. The second kappa shape index (κ2) is 8.11. The van der Waals surface area contributed by atoms with E-state index >= 15 is 0 Å². The molecule has 16 heavy (non-hydrogen) atoms. The Kier molecular flexibility index (Phi) is 7.11. The van der Waals surface area contributed by atoms with Crippen LogP contribution in [0.3, 0.4) is 0 Å². The fourth-order valence-corrected chi connectivity index (χ4v) is 2.85. The fourth-order valence-electron chi connectivity index (χ4n) is 2.85. The zero-order chi connectivity index (χ0) is 11.7. The van der Waals surface area contributed by atoms with Gasteiger partial charge in [-0.25, -0.2) is 0 Å². The first-order valence-corrected chi connectivity index (χ1v) is 7.47. The van der Waals surface area contributed by atoms with E-state index in [4.69, 9.17) is 5.73 Å². The summed E-state index contributed by atoms with van der Waals surface area (Å²) in [6.07, 6.45) is 17.1. The molecule has 0 saturated heterocycles. The molecule has 0 heterocycles. The van der Waals surface area contributed by atoms with Crippen LogP contribution in [0.1, 0.15) is 84.0 Å². The maximum Gasteiger partial charge on any atom is -0.00232 e. The van der Waals surface area contributed by atoms with E-state index in [1.165, 1.54) is 77.0 Å². The van der Waals surface area contributed by atoms with Gasteiger partial charge in [0.25, 0.3) is 0 Å². The summed E-state index contributed by atoms with van der Waals surface area (Å²) in [5.74, 6) is 0. The molecule has 96 valence electrons. The molecular weight excluding hydrogens is 194 g/mol. The Morgan fingerprint density at radius 2 is 1.00 bits per heavy atom. The van der Waals surface area contributed by atoms with Crippen LogP contribution in [0.4, 0.5) is 0 Å². The van der Waals surface area contributed by atoms with Crippen molar-refractivity contribution in [2.75, 3.05) is 6.54 Å². The van der Waals surface area contributed by atoms with E-state index in [9.17, 15) is 0 Å². The van der Waals surface area contributed by atoms with Gasteiger partial charge < -0.3 is 5.73 Å². The Hall–Kier alpha value is -0.0400. The van der Waals surface area contributed by atoms with Crippen LogP contribution in [-0.4, -0.2) is 6.54 Å². The quantitative estimate of drug-likeness (QED) is 0.691. The normalized spacial score (nSPS) is 25.1. The first kappa shape index (κ1) is 14.0. The molecule has 1 nitrogen and oxygen atoms in total. The summed E-state index contributed by atoms with van der Waals surface area (Å²) >= 11 is 0. The fraction of sp³-hybridized carbons (Fsp3) is 1.00. The highest BCUT2D eigenvalue weighted by Gasteiger charge is 2.21. The van der Waals surface area contributed by atoms with E-state index in [2.05, 4.69) is 6.92 Å². The van der Waals surface area contributed by atoms with Gasteiger partial charge in [-0.2, -0.15) is 0 Å². The number of rotatable bonds is 1. The van der Waals surface area contributed by atoms with Crippen molar-refractivity contribution in [2.45, 2.75) is 84.0 Å². The lowest BCUT2D eigenvalue weighted by Gasteiger charge is -2.28. The maximum atomic E-state index is 5.95. The van der Waals surface area contributed by atoms with Gasteiger partial charge in [-0.1, -0.05) is 71.1 Å². The van der Waals surface area contributed by atoms with Crippen molar-refractivity contribution < 1.29 is 0 Å². The first-order chi connectivity index (χ1) is 7.77. The molecule has 0 bridgehead atoms. The summed E-state index contributed by atoms with van der Waals surface area (Å²) in [5, 5.41) is 0. The SMILES string of the molecule is CC1(CN)CCCCCCCCCCCC1. The second-order valence-corrected chi connectivity index (χ2v) is 6.05. The molecule has 1 fully saturated rings. The molecule has 0 spiro atoms. The Bertz CT molecular complexity index is 151. The molecule has 0 aromatic heterocycles. The van der Waals surface area contributed by atoms with Gasteiger partial charge in [0.2, 0.25) is 0 Å². The molecule has 1 aliphatic rings. The predicted molar refractivity (Wildman–Crippen MR) is 72.6 cm³/mol. The second-order valence-electron chi connectivity index (χ2n) is 6.05. The van der Waals surface area contributed by atoms with E-state index < -0.39 is 0 Å². The molecule has 0 aromatic carbocycles. The molecule has 0 unspecified atom stereocenters. The van der Waals surface area contributed by atoms with Crippen LogP contribution in [0.5, 0.6) is 0 Å². The molecule has 0 aliphatic heterocycles. The summed E-state index contributed by atoms with van der Waals surface area (Å²) in [5.41, 5.74) is 6.39. The van der Waals surface area contributed by atoms with E-state index in [0.717, 1.165) is 6.54 Å². The highest BCUT2D eigenvalue weighted by molar-refractivity contribution is 4.75. The molecule has 2 N–H and O–H groups in total. The summed E-state index contributed by atoms with van der Waals surface area (Å²) in [7, 11) is 0. The lowest BCUT2D eigenvalue weighted by Crippen LogP contribution is -2.27. The summed E-state index contributed by atoms with van der Waals surface area (Å²) < 4.78 is 0. The highest BCUT2D eigenvalue weighted by Crippen LogP contribution is 2.30. The minimum atomic E-state index is 0.439. The van der Waals surface area contributed by atoms with Crippen LogP contribution in [0.15, 0.2) is 0 Å². The molecule has 1 heteroatoms. The monoisotopic (exact) mass is 225 g/mol. The standard InChI is InChI=1S/C15H31N/c1-15(14-16)12-10-8-6-4-2-3-5-7-9-11-13-15/h2-14,16H2,1H3. The molecule has 0 radical (unpaired) electrons. The smallest absolute Gasteiger partial charge is 0.00232 e. The van der Waals surface area contributed by atoms with Crippen LogP contribution in [0.25, 0.3) is 0 Å². The van der Waals surface area contributed by atoms with Gasteiger partial charge in [0, 0.05) is 0 Å². The molecular formula is C15H31N. The number of hydrogen-bond donors (Lipinski definition) is 1. The first-order valence-electron chi connectivity index (χ1n) is 7.47. The summed E-state index contributed by atoms with van der Waals surface area (Å²) in [4.78, 5) is 0. The third kappa shape index (κ3) is 5.89. The highest BCUT2D eigenvalue weighted by atomic mass is 14.6. The van der Waals surface area contributed by atoms with E-state index in [0.29, 0.717) is 5.41 Å². The van der Waals surface area contributed by atoms with Crippen molar-refractivity contribution in [2.24, 2.45) is 11.1 Å². The van der Waals surface area contributed by atoms with Crippen LogP contribution in [-0.2, 0) is 0 Å². The van der Waals surface area contributed by atoms with Crippen molar-refractivity contribution in [1.82, 2.24) is 0 Å². The Morgan fingerprint density at radius 1 is 0.688 bits per heavy atom. The van der Waals surface area contributed by atoms with Gasteiger partial charge in [0.15, 0.2) is 0 Å². The predicted octanol–water partition coefficient (Wildman–Crippen LogP) is 4.65. The van der Waals surface area contributed by atoms with E-state index in [1.54, 1.807) is 0 Å². The average Bonchev–Trinajstić information content (AvgIpc) is 2.31. The molecule has 1 aliphatic carbocycles. The molecule has 0 atom stereocenters. The van der Waals surface area contributed by atoms with Gasteiger partial charge in [-0.3, -0.25) is 0 Å². The van der Waals surface area contributed by atoms with Gasteiger partial charge >= 0.3 is 0 Å². The Morgan fingerprint density at radius 3 is 1.31 bits per heavy atom. The van der Waals surface area contributed by atoms with Gasteiger partial charge in [0.1, 0.15) is 0 Å². The van der Waals surface area contributed by atoms with Gasteiger partial charge in [0.05, 0.1) is 0 Å². The van der Waals surface area contributed by atoms with Crippen LogP contribution >= 0.6 is 0 Å². The van der Waals surface area contributed by atoms with E-state index in [1.807, 2.05) is 0 Å². The zero-order valence-corrected chi connectivity index (χ0v) is 11.3. The zero-order valence-electron chi connectivity index (χ0n) is 11.3. The Balaban J connectivity index is 2.32. The molecule has 1 rings (SSSR count). The topological polar surface area (TPSA) is 26.0 Å². The molecule has 0 aromatic rings. The summed E-state index contributed by atoms with van der Waals surface area (Å²) in [6, 6.07) is 0. The maximum absolute atomic E-state index is 5.95. The number of nitrogens with two attached hydrogens (primary N) is 1. The van der Waals surface area contributed by atoms with Crippen LogP contribution < -0.4 is 5.73 Å². The van der Waals surface area contributed by atoms with Gasteiger partial charge in [-0.05, 0) is 24.8 Å². The van der Waals surface area contributed by atoms with Crippen molar-refractivity contribution in [3.05, 3.63) is 0 Å². The van der Waals surface area contributed by atoms with E-state index in [-0.39, 0.29) is 0 Å². The molecule has 0 amide bonds. The minimum absolute atomic E-state index is 0.439. The van der Waals surface area contributed by atoms with Crippen LogP contribution in [0, 0.1) is 5.41 Å². The van der Waals surface area contributed by atoms with Crippen molar-refractivity contribution in [3.63, 3.8) is 0 Å². The number of hydrogen-bond acceptors (Lipinski definition) is 1. The summed E-state index contributed by atoms with van der Waals surface area (Å²) in [6.45, 7) is 3.28. The van der Waals surface area contributed by atoms with Crippen molar-refractivity contribution in [1.29, 1.82) is 0 Å². The van der Waals surface area contributed by atoms with Crippen molar-refractivity contribution >= 4 is 0 Å². The van der Waals surface area contributed by atoms with Crippen LogP contribution in [0.2, 0.25) is 0 Å². The third-order valence-electron chi connectivity index (χ3n) is 4.30. The average molecular weight is 225 g/mol. The largest absolute Gasteiger partial charge is 0.330 e. The molecule has 1 saturated carbocycles. The van der Waals surface area contributed by atoms with Crippen molar-refractivity contribution in [3.8, 4) is 0 Å². The van der Waals surface area contributed by atoms with Gasteiger partial charge in [-0.15, -0.1) is 0 Å². The lowest BCUT2D eigenvalue weighted by atomic mass is 9.80.